The van der Waals surface area contributed by atoms with Crippen molar-refractivity contribution in [3.8, 4) is 5.75 Å². The number of aromatic nitrogens is 2. The van der Waals surface area contributed by atoms with Crippen LogP contribution in [-0.4, -0.2) is 53.4 Å². The maximum atomic E-state index is 13.4. The van der Waals surface area contributed by atoms with E-state index in [9.17, 15) is 14.2 Å². The Hall–Kier alpha value is -2.27. The lowest BCUT2D eigenvalue weighted by molar-refractivity contribution is -0.225. The van der Waals surface area contributed by atoms with Crippen LogP contribution in [0.4, 0.5) is 0 Å². The van der Waals surface area contributed by atoms with Gasteiger partial charge in [-0.3, -0.25) is 27.5 Å². The summed E-state index contributed by atoms with van der Waals surface area (Å²) in [6, 6.07) is 8.41. The summed E-state index contributed by atoms with van der Waals surface area (Å²) >= 11 is 0. The minimum Gasteiger partial charge on any atom is -0.497 e. The molecule has 0 saturated carbocycles. The average Bonchev–Trinajstić information content (AvgIpc) is 3.10. The van der Waals surface area contributed by atoms with Crippen LogP contribution in [0.3, 0.4) is 0 Å². The van der Waals surface area contributed by atoms with Crippen molar-refractivity contribution in [1.29, 1.82) is 0 Å². The zero-order chi connectivity index (χ0) is 24.1. The Bertz CT molecular complexity index is 1220. The van der Waals surface area contributed by atoms with E-state index in [-0.39, 0.29) is 19.3 Å². The van der Waals surface area contributed by atoms with E-state index in [1.54, 1.807) is 45.2 Å². The molecule has 3 aliphatic heterocycles. The molecule has 0 bridgehead atoms. The molecular formula is C22H27N2O9P. The zero-order valence-electron chi connectivity index (χ0n) is 19.1. The molecule has 1 aromatic carbocycles. The minimum absolute atomic E-state index is 0.0312. The van der Waals surface area contributed by atoms with Gasteiger partial charge in [0.05, 0.1) is 33.0 Å². The third kappa shape index (κ3) is 3.96. The Morgan fingerprint density at radius 1 is 1.21 bits per heavy atom. The molecule has 11 nitrogen and oxygen atoms in total. The van der Waals surface area contributed by atoms with Crippen LogP contribution in [0.5, 0.6) is 5.75 Å². The first-order valence-corrected chi connectivity index (χ1v) is 12.6. The molecule has 0 amide bonds. The lowest BCUT2D eigenvalue weighted by atomic mass is 9.86. The number of ether oxygens (including phenoxy) is 3. The highest BCUT2D eigenvalue weighted by molar-refractivity contribution is 7.48. The van der Waals surface area contributed by atoms with Gasteiger partial charge in [0.1, 0.15) is 23.6 Å². The fourth-order valence-electron chi connectivity index (χ4n) is 4.57. The molecule has 0 unspecified atom stereocenters. The predicted molar refractivity (Wildman–Crippen MR) is 119 cm³/mol. The van der Waals surface area contributed by atoms with Gasteiger partial charge in [-0.2, -0.15) is 0 Å². The van der Waals surface area contributed by atoms with Crippen molar-refractivity contribution in [1.82, 2.24) is 9.13 Å². The summed E-state index contributed by atoms with van der Waals surface area (Å²) in [5.74, 6) is 0.675. The number of nitrogens with zero attached hydrogens (tertiary/aromatic N) is 2. The van der Waals surface area contributed by atoms with E-state index in [1.807, 2.05) is 0 Å². The van der Waals surface area contributed by atoms with E-state index in [4.69, 9.17) is 27.8 Å². The highest BCUT2D eigenvalue weighted by atomic mass is 31.2. The van der Waals surface area contributed by atoms with Crippen LogP contribution >= 0.6 is 7.82 Å². The van der Waals surface area contributed by atoms with E-state index in [1.165, 1.54) is 16.8 Å². The first-order valence-electron chi connectivity index (χ1n) is 11.1. The van der Waals surface area contributed by atoms with Gasteiger partial charge in [-0.05, 0) is 31.5 Å². The topological polar surface area (TPSA) is 116 Å². The van der Waals surface area contributed by atoms with Crippen molar-refractivity contribution in [2.24, 2.45) is 0 Å². The normalized spacial score (nSPS) is 32.5. The maximum absolute atomic E-state index is 13.4. The summed E-state index contributed by atoms with van der Waals surface area (Å²) < 4.78 is 49.3. The number of rotatable bonds is 6. The van der Waals surface area contributed by atoms with Gasteiger partial charge in [0.15, 0.2) is 6.23 Å². The van der Waals surface area contributed by atoms with Crippen LogP contribution in [0.2, 0.25) is 0 Å². The Balaban J connectivity index is 1.47. The summed E-state index contributed by atoms with van der Waals surface area (Å²) in [7, 11) is -2.25. The molecule has 2 aromatic rings. The van der Waals surface area contributed by atoms with Crippen molar-refractivity contribution in [2.45, 2.75) is 57.0 Å². The monoisotopic (exact) mass is 494 g/mol. The fraction of sp³-hybridized carbons (Fsp3) is 0.545. The first kappa shape index (κ1) is 23.5. The van der Waals surface area contributed by atoms with Gasteiger partial charge in [0, 0.05) is 18.7 Å². The lowest BCUT2D eigenvalue weighted by Crippen LogP contribution is -2.59. The highest BCUT2D eigenvalue weighted by Gasteiger charge is 2.66. The lowest BCUT2D eigenvalue weighted by Gasteiger charge is -2.46. The number of benzene rings is 1. The SMILES string of the molecule is COc1ccc(Cn2c(=O)ccn([C@@H]3O[C@@H]4CO[P@](=O)(OC(C)C)O[C@H]4[C@]34CCO4)c2=O)cc1. The van der Waals surface area contributed by atoms with Gasteiger partial charge < -0.3 is 14.2 Å². The molecule has 1 spiro atoms. The molecule has 0 N–H and O–H groups in total. The fourth-order valence-corrected chi connectivity index (χ4v) is 6.18. The summed E-state index contributed by atoms with van der Waals surface area (Å²) in [5.41, 5.74) is -1.27. The number of fused-ring (bicyclic) bond motifs is 2. The van der Waals surface area contributed by atoms with Crippen LogP contribution in [0.1, 0.15) is 32.1 Å². The van der Waals surface area contributed by atoms with Crippen LogP contribution in [0.25, 0.3) is 0 Å². The van der Waals surface area contributed by atoms with Gasteiger partial charge >= 0.3 is 13.5 Å². The standard InChI is InChI=1S/C22H27N2O9P/c1-14(2)32-34(27)30-13-17-19(33-34)22(9-11-29-22)20(31-17)23-10-8-18(25)24(21(23)26)12-15-4-6-16(28-3)7-5-15/h4-8,10,14,17,19-20H,9,11-13H2,1-3H3/t17-,19-,20-,22-,34-/m1/s1. The summed E-state index contributed by atoms with van der Waals surface area (Å²) in [6.45, 7) is 3.94. The highest BCUT2D eigenvalue weighted by Crippen LogP contribution is 2.61. The third-order valence-corrected chi connectivity index (χ3v) is 7.86. The second kappa shape index (κ2) is 8.75. The van der Waals surface area contributed by atoms with Crippen molar-refractivity contribution in [3.63, 3.8) is 0 Å². The number of hydrogen-bond acceptors (Lipinski definition) is 9. The Morgan fingerprint density at radius 3 is 2.56 bits per heavy atom. The van der Waals surface area contributed by atoms with Gasteiger partial charge in [-0.1, -0.05) is 12.1 Å². The molecule has 34 heavy (non-hydrogen) atoms. The number of phosphoric acid groups is 1. The summed E-state index contributed by atoms with van der Waals surface area (Å²) in [6.07, 6.45) is -0.713. The summed E-state index contributed by atoms with van der Waals surface area (Å²) in [4.78, 5) is 26.0. The Kier molecular flexibility index (Phi) is 6.04. The van der Waals surface area contributed by atoms with Crippen LogP contribution in [0, 0.1) is 0 Å². The number of phosphoric ester groups is 1. The molecule has 1 aromatic heterocycles. The van der Waals surface area contributed by atoms with Crippen molar-refractivity contribution in [3.05, 3.63) is 62.9 Å². The third-order valence-electron chi connectivity index (χ3n) is 6.23. The minimum atomic E-state index is -3.81. The zero-order valence-corrected chi connectivity index (χ0v) is 20.0. The van der Waals surface area contributed by atoms with Gasteiger partial charge in [-0.25, -0.2) is 9.36 Å². The summed E-state index contributed by atoms with van der Waals surface area (Å²) in [5, 5.41) is 0. The second-order valence-corrected chi connectivity index (χ2v) is 10.4. The quantitative estimate of drug-likeness (QED) is 0.557. The molecule has 4 heterocycles. The van der Waals surface area contributed by atoms with E-state index >= 15 is 0 Å². The van der Waals surface area contributed by atoms with Gasteiger partial charge in [0.25, 0.3) is 5.56 Å². The van der Waals surface area contributed by atoms with Crippen molar-refractivity contribution >= 4 is 7.82 Å². The number of methoxy groups -OCH3 is 1. The predicted octanol–water partition coefficient (Wildman–Crippen LogP) is 2.07. The molecule has 12 heteroatoms. The van der Waals surface area contributed by atoms with E-state index in [2.05, 4.69) is 0 Å². The molecule has 0 radical (unpaired) electrons. The molecule has 3 aliphatic rings. The van der Waals surface area contributed by atoms with E-state index in [0.717, 1.165) is 10.1 Å². The smallest absolute Gasteiger partial charge is 0.475 e. The first-order chi connectivity index (χ1) is 16.2. The molecule has 0 aliphatic carbocycles. The van der Waals surface area contributed by atoms with Crippen LogP contribution in [-0.2, 0) is 34.2 Å². The van der Waals surface area contributed by atoms with Crippen LogP contribution < -0.4 is 16.0 Å². The molecule has 3 fully saturated rings. The van der Waals surface area contributed by atoms with Gasteiger partial charge in [-0.15, -0.1) is 0 Å². The average molecular weight is 494 g/mol. The van der Waals surface area contributed by atoms with E-state index in [0.29, 0.717) is 18.8 Å². The second-order valence-electron chi connectivity index (χ2n) is 8.78. The number of hydrogen-bond donors (Lipinski definition) is 0. The Labute approximate surface area is 195 Å². The van der Waals surface area contributed by atoms with Crippen LogP contribution in [0.15, 0.2) is 46.1 Å². The van der Waals surface area contributed by atoms with E-state index < -0.39 is 43.1 Å². The van der Waals surface area contributed by atoms with Crippen molar-refractivity contribution in [2.75, 3.05) is 20.3 Å². The molecule has 5 atom stereocenters. The largest absolute Gasteiger partial charge is 0.497 e. The van der Waals surface area contributed by atoms with Crippen molar-refractivity contribution < 1.29 is 32.3 Å². The van der Waals surface area contributed by atoms with Gasteiger partial charge in [0.2, 0.25) is 0 Å². The molecular weight excluding hydrogens is 467 g/mol. The molecule has 5 rings (SSSR count). The molecule has 3 saturated heterocycles. The Morgan fingerprint density at radius 2 is 1.94 bits per heavy atom. The molecule has 184 valence electrons. The maximum Gasteiger partial charge on any atom is 0.475 e.